The molecule has 0 bridgehead atoms. The Balaban J connectivity index is 0.000000200. The number of hydrogen-bond acceptors (Lipinski definition) is 4. The Kier molecular flexibility index (Phi) is 7.47. The van der Waals surface area contributed by atoms with E-state index in [0.29, 0.717) is 6.42 Å². The molecule has 20 heavy (non-hydrogen) atoms. The van der Waals surface area contributed by atoms with Crippen molar-refractivity contribution in [3.63, 3.8) is 0 Å². The van der Waals surface area contributed by atoms with E-state index < -0.39 is 0 Å². The lowest BCUT2D eigenvalue weighted by Gasteiger charge is -2.32. The highest BCUT2D eigenvalue weighted by atomic mass is 16.1. The summed E-state index contributed by atoms with van der Waals surface area (Å²) in [5.41, 5.74) is 0. The molecule has 1 aliphatic rings. The SMILES string of the molecule is CN1CCC(N(C)C)CC1.Cn1ccnc1CCC=O. The number of carbonyl (C=O) groups excluding carboxylic acids is 1. The maximum atomic E-state index is 9.97. The lowest BCUT2D eigenvalue weighted by molar-refractivity contribution is -0.107. The van der Waals surface area contributed by atoms with Crippen molar-refractivity contribution in [2.24, 2.45) is 7.05 Å². The van der Waals surface area contributed by atoms with Crippen LogP contribution in [0.5, 0.6) is 0 Å². The predicted octanol–water partition coefficient (Wildman–Crippen LogP) is 1.19. The predicted molar refractivity (Wildman–Crippen MR) is 81.8 cm³/mol. The molecule has 0 saturated carbocycles. The number of nitrogens with zero attached hydrogens (tertiary/aromatic N) is 4. The van der Waals surface area contributed by atoms with Gasteiger partial charge in [0.05, 0.1) is 0 Å². The largest absolute Gasteiger partial charge is 0.338 e. The molecule has 1 fully saturated rings. The standard InChI is InChI=1S/C8H18N2.C7H10N2O/c1-9(2)8-4-6-10(3)7-5-8;1-9-5-4-8-7(9)3-2-6-10/h8H,4-7H2,1-3H3;4-6H,2-3H2,1H3. The number of aryl methyl sites for hydroxylation is 2. The van der Waals surface area contributed by atoms with Crippen molar-refractivity contribution in [1.82, 2.24) is 19.4 Å². The monoisotopic (exact) mass is 280 g/mol. The van der Waals surface area contributed by atoms with E-state index in [0.717, 1.165) is 24.6 Å². The molecule has 0 radical (unpaired) electrons. The van der Waals surface area contributed by atoms with Crippen molar-refractivity contribution in [3.8, 4) is 0 Å². The van der Waals surface area contributed by atoms with Gasteiger partial charge in [-0.05, 0) is 47.1 Å². The minimum absolute atomic E-state index is 0.560. The average molecular weight is 280 g/mol. The van der Waals surface area contributed by atoms with E-state index in [2.05, 4.69) is 35.9 Å². The van der Waals surface area contributed by atoms with E-state index in [9.17, 15) is 4.79 Å². The molecule has 1 aromatic rings. The molecule has 114 valence electrons. The molecular weight excluding hydrogens is 252 g/mol. The molecule has 5 nitrogen and oxygen atoms in total. The van der Waals surface area contributed by atoms with Crippen LogP contribution < -0.4 is 0 Å². The maximum absolute atomic E-state index is 9.97. The lowest BCUT2D eigenvalue weighted by Crippen LogP contribution is -2.40. The van der Waals surface area contributed by atoms with E-state index >= 15 is 0 Å². The molecular formula is C15H28N4O. The number of rotatable bonds is 4. The Morgan fingerprint density at radius 2 is 2.00 bits per heavy atom. The molecule has 0 spiro atoms. The molecule has 0 amide bonds. The fraction of sp³-hybridized carbons (Fsp3) is 0.733. The number of piperidine rings is 1. The van der Waals surface area contributed by atoms with Crippen molar-refractivity contribution < 1.29 is 4.79 Å². The van der Waals surface area contributed by atoms with Gasteiger partial charge in [0.25, 0.3) is 0 Å². The zero-order valence-corrected chi connectivity index (χ0v) is 13.2. The fourth-order valence-electron chi connectivity index (χ4n) is 2.34. The van der Waals surface area contributed by atoms with Crippen LogP contribution in [0.25, 0.3) is 0 Å². The highest BCUT2D eigenvalue weighted by Gasteiger charge is 2.17. The Morgan fingerprint density at radius 3 is 2.45 bits per heavy atom. The number of carbonyl (C=O) groups is 1. The van der Waals surface area contributed by atoms with Gasteiger partial charge in [-0.25, -0.2) is 4.98 Å². The van der Waals surface area contributed by atoms with Gasteiger partial charge in [-0.2, -0.15) is 0 Å². The average Bonchev–Trinajstić information content (AvgIpc) is 2.83. The molecule has 1 aliphatic heterocycles. The summed E-state index contributed by atoms with van der Waals surface area (Å²) in [6.45, 7) is 2.53. The summed E-state index contributed by atoms with van der Waals surface area (Å²) in [5.74, 6) is 0.965. The van der Waals surface area contributed by atoms with Crippen molar-refractivity contribution >= 4 is 6.29 Å². The zero-order valence-electron chi connectivity index (χ0n) is 13.2. The third-order valence-electron chi connectivity index (χ3n) is 3.83. The molecule has 2 rings (SSSR count). The summed E-state index contributed by atoms with van der Waals surface area (Å²) < 4.78 is 1.92. The molecule has 0 atom stereocenters. The summed E-state index contributed by atoms with van der Waals surface area (Å²) in [5, 5.41) is 0. The molecule has 1 saturated heterocycles. The summed E-state index contributed by atoms with van der Waals surface area (Å²) in [4.78, 5) is 18.8. The smallest absolute Gasteiger partial charge is 0.120 e. The van der Waals surface area contributed by atoms with Crippen LogP contribution >= 0.6 is 0 Å². The lowest BCUT2D eigenvalue weighted by atomic mass is 10.1. The topological polar surface area (TPSA) is 41.4 Å². The second-order valence-electron chi connectivity index (χ2n) is 5.66. The highest BCUT2D eigenvalue weighted by Crippen LogP contribution is 2.11. The van der Waals surface area contributed by atoms with E-state index in [1.807, 2.05) is 17.8 Å². The van der Waals surface area contributed by atoms with Crippen LogP contribution in [0.4, 0.5) is 0 Å². The third-order valence-corrected chi connectivity index (χ3v) is 3.83. The molecule has 0 unspecified atom stereocenters. The van der Waals surface area contributed by atoms with Gasteiger partial charge >= 0.3 is 0 Å². The van der Waals surface area contributed by atoms with Gasteiger partial charge in [0.1, 0.15) is 12.1 Å². The van der Waals surface area contributed by atoms with E-state index in [-0.39, 0.29) is 0 Å². The molecule has 0 aromatic carbocycles. The van der Waals surface area contributed by atoms with Crippen LogP contribution in [0.3, 0.4) is 0 Å². The van der Waals surface area contributed by atoms with Crippen LogP contribution in [0.2, 0.25) is 0 Å². The normalized spacial score (nSPS) is 16.9. The Labute approximate surface area is 122 Å². The molecule has 2 heterocycles. The van der Waals surface area contributed by atoms with Gasteiger partial charge in [0.15, 0.2) is 0 Å². The zero-order chi connectivity index (χ0) is 15.0. The second-order valence-corrected chi connectivity index (χ2v) is 5.66. The molecule has 0 N–H and O–H groups in total. The Morgan fingerprint density at radius 1 is 1.35 bits per heavy atom. The summed E-state index contributed by atoms with van der Waals surface area (Å²) >= 11 is 0. The van der Waals surface area contributed by atoms with Crippen LogP contribution in [0.1, 0.15) is 25.1 Å². The summed E-state index contributed by atoms with van der Waals surface area (Å²) in [6.07, 6.45) is 8.50. The van der Waals surface area contributed by atoms with Crippen molar-refractivity contribution in [3.05, 3.63) is 18.2 Å². The van der Waals surface area contributed by atoms with Gasteiger partial charge in [-0.1, -0.05) is 0 Å². The maximum Gasteiger partial charge on any atom is 0.120 e. The van der Waals surface area contributed by atoms with Gasteiger partial charge in [-0.3, -0.25) is 0 Å². The first kappa shape index (κ1) is 16.9. The van der Waals surface area contributed by atoms with Crippen molar-refractivity contribution in [1.29, 1.82) is 0 Å². The Bertz CT molecular complexity index is 381. The number of hydrogen-bond donors (Lipinski definition) is 0. The highest BCUT2D eigenvalue weighted by molar-refractivity contribution is 5.49. The number of aldehydes is 1. The molecule has 0 aliphatic carbocycles. The van der Waals surface area contributed by atoms with Gasteiger partial charge in [-0.15, -0.1) is 0 Å². The number of likely N-dealkylation sites (tertiary alicyclic amines) is 1. The number of aromatic nitrogens is 2. The van der Waals surface area contributed by atoms with Gasteiger partial charge < -0.3 is 19.2 Å². The summed E-state index contributed by atoms with van der Waals surface area (Å²) in [6, 6.07) is 0.830. The van der Waals surface area contributed by atoms with E-state index in [1.54, 1.807) is 6.20 Å². The third kappa shape index (κ3) is 5.84. The first-order valence-electron chi connectivity index (χ1n) is 7.29. The minimum atomic E-state index is 0.560. The van der Waals surface area contributed by atoms with Crippen molar-refractivity contribution in [2.45, 2.75) is 31.7 Å². The van der Waals surface area contributed by atoms with E-state index in [4.69, 9.17) is 0 Å². The first-order valence-corrected chi connectivity index (χ1v) is 7.29. The number of imidazole rings is 1. The Hall–Kier alpha value is -1.20. The second kappa shape index (κ2) is 8.87. The molecule has 1 aromatic heterocycles. The first-order chi connectivity index (χ1) is 9.54. The fourth-order valence-corrected chi connectivity index (χ4v) is 2.34. The van der Waals surface area contributed by atoms with Crippen LogP contribution in [-0.4, -0.2) is 65.9 Å². The van der Waals surface area contributed by atoms with Crippen LogP contribution in [0.15, 0.2) is 12.4 Å². The van der Waals surface area contributed by atoms with E-state index in [1.165, 1.54) is 25.9 Å². The van der Waals surface area contributed by atoms with Crippen molar-refractivity contribution in [2.75, 3.05) is 34.2 Å². The van der Waals surface area contributed by atoms with Gasteiger partial charge in [0, 0.05) is 38.3 Å². The quantitative estimate of drug-likeness (QED) is 0.777. The minimum Gasteiger partial charge on any atom is -0.338 e. The van der Waals surface area contributed by atoms with Crippen LogP contribution in [0, 0.1) is 0 Å². The summed E-state index contributed by atoms with van der Waals surface area (Å²) in [7, 11) is 8.48. The molecule has 5 heteroatoms. The van der Waals surface area contributed by atoms with Crippen LogP contribution in [-0.2, 0) is 18.3 Å². The van der Waals surface area contributed by atoms with Gasteiger partial charge in [0.2, 0.25) is 0 Å².